The monoisotopic (exact) mass is 244 g/mol. The maximum Gasteiger partial charge on any atom is 0.159 e. The van der Waals surface area contributed by atoms with Crippen LogP contribution in [-0.4, -0.2) is 4.98 Å². The van der Waals surface area contributed by atoms with Crippen molar-refractivity contribution in [2.24, 2.45) is 0 Å². The Balaban J connectivity index is 2.74. The minimum Gasteiger partial charge on any atom is -0.237 e. The first kappa shape index (κ1) is 9.69. The molecule has 0 saturated carbocycles. The quantitative estimate of drug-likeness (QED) is 0.819. The number of thiazole rings is 1. The minimum absolute atomic E-state index is 0.360. The zero-order valence-corrected chi connectivity index (χ0v) is 9.15. The standard InChI is InChI=1S/C8H9BrN2S/c1-2-6(3-4-10)7-5-11-8(9)12-7/h5-6H,2-3H2,1H3. The summed E-state index contributed by atoms with van der Waals surface area (Å²) in [5.74, 6) is 0.360. The molecule has 0 fully saturated rings. The van der Waals surface area contributed by atoms with E-state index in [1.165, 1.54) is 4.88 Å². The summed E-state index contributed by atoms with van der Waals surface area (Å²) in [7, 11) is 0. The molecule has 0 aliphatic rings. The van der Waals surface area contributed by atoms with E-state index in [0.717, 1.165) is 10.3 Å². The molecule has 0 bridgehead atoms. The van der Waals surface area contributed by atoms with Gasteiger partial charge in [0.2, 0.25) is 0 Å². The van der Waals surface area contributed by atoms with Crippen molar-refractivity contribution in [1.82, 2.24) is 4.98 Å². The molecule has 0 radical (unpaired) electrons. The highest BCUT2D eigenvalue weighted by atomic mass is 79.9. The Bertz CT molecular complexity index is 289. The number of aromatic nitrogens is 1. The van der Waals surface area contributed by atoms with E-state index in [4.69, 9.17) is 5.26 Å². The van der Waals surface area contributed by atoms with Crippen molar-refractivity contribution in [3.63, 3.8) is 0 Å². The van der Waals surface area contributed by atoms with Gasteiger partial charge in [0, 0.05) is 23.4 Å². The van der Waals surface area contributed by atoms with Gasteiger partial charge in [0.1, 0.15) is 0 Å². The van der Waals surface area contributed by atoms with E-state index >= 15 is 0 Å². The van der Waals surface area contributed by atoms with Crippen LogP contribution in [0, 0.1) is 11.3 Å². The molecule has 1 rings (SSSR count). The van der Waals surface area contributed by atoms with E-state index < -0.39 is 0 Å². The summed E-state index contributed by atoms with van der Waals surface area (Å²) < 4.78 is 0.897. The number of hydrogen-bond donors (Lipinski definition) is 0. The minimum atomic E-state index is 0.360. The smallest absolute Gasteiger partial charge is 0.159 e. The van der Waals surface area contributed by atoms with Crippen LogP contribution in [0.25, 0.3) is 0 Å². The molecular formula is C8H9BrN2S. The first-order valence-electron chi connectivity index (χ1n) is 3.76. The van der Waals surface area contributed by atoms with Crippen LogP contribution in [0.1, 0.15) is 30.6 Å². The summed E-state index contributed by atoms with van der Waals surface area (Å²) in [5, 5.41) is 8.56. The Labute approximate surface area is 84.4 Å². The van der Waals surface area contributed by atoms with Gasteiger partial charge in [-0.3, -0.25) is 0 Å². The van der Waals surface area contributed by atoms with Gasteiger partial charge in [-0.2, -0.15) is 5.26 Å². The van der Waals surface area contributed by atoms with Crippen molar-refractivity contribution < 1.29 is 0 Å². The normalized spacial score (nSPS) is 12.4. The molecule has 1 atom stereocenters. The second kappa shape index (κ2) is 4.58. The molecule has 1 heterocycles. The van der Waals surface area contributed by atoms with E-state index in [0.29, 0.717) is 12.3 Å². The summed E-state index contributed by atoms with van der Waals surface area (Å²) in [6, 6.07) is 2.19. The van der Waals surface area contributed by atoms with Crippen LogP contribution in [0.15, 0.2) is 10.1 Å². The number of nitriles is 1. The average Bonchev–Trinajstić information content (AvgIpc) is 2.47. The van der Waals surface area contributed by atoms with Crippen molar-refractivity contribution in [3.8, 4) is 6.07 Å². The molecule has 64 valence electrons. The molecule has 0 spiro atoms. The van der Waals surface area contributed by atoms with Gasteiger partial charge in [-0.1, -0.05) is 6.92 Å². The summed E-state index contributed by atoms with van der Waals surface area (Å²) in [5.41, 5.74) is 0. The number of nitrogens with zero attached hydrogens (tertiary/aromatic N) is 2. The molecule has 0 saturated heterocycles. The van der Waals surface area contributed by atoms with Gasteiger partial charge in [0.05, 0.1) is 6.07 Å². The van der Waals surface area contributed by atoms with E-state index in [1.54, 1.807) is 11.3 Å². The molecule has 0 aliphatic carbocycles. The third-order valence-electron chi connectivity index (χ3n) is 1.73. The van der Waals surface area contributed by atoms with Crippen LogP contribution in [-0.2, 0) is 0 Å². The van der Waals surface area contributed by atoms with Crippen LogP contribution in [0.4, 0.5) is 0 Å². The van der Waals surface area contributed by atoms with Crippen molar-refractivity contribution >= 4 is 27.3 Å². The maximum absolute atomic E-state index is 8.56. The molecule has 0 aliphatic heterocycles. The van der Waals surface area contributed by atoms with Gasteiger partial charge < -0.3 is 0 Å². The van der Waals surface area contributed by atoms with Crippen molar-refractivity contribution in [2.45, 2.75) is 25.7 Å². The zero-order valence-electron chi connectivity index (χ0n) is 6.75. The zero-order chi connectivity index (χ0) is 8.97. The summed E-state index contributed by atoms with van der Waals surface area (Å²) >= 11 is 4.92. The fourth-order valence-electron chi connectivity index (χ4n) is 1.01. The Morgan fingerprint density at radius 2 is 2.58 bits per heavy atom. The first-order valence-corrected chi connectivity index (χ1v) is 5.37. The first-order chi connectivity index (χ1) is 5.77. The third-order valence-corrected chi connectivity index (χ3v) is 3.37. The van der Waals surface area contributed by atoms with Gasteiger partial charge in [0.25, 0.3) is 0 Å². The number of halogens is 1. The molecule has 4 heteroatoms. The summed E-state index contributed by atoms with van der Waals surface area (Å²) in [6.07, 6.45) is 3.44. The van der Waals surface area contributed by atoms with Crippen molar-refractivity contribution in [2.75, 3.05) is 0 Å². The lowest BCUT2D eigenvalue weighted by molar-refractivity contribution is 0.691. The summed E-state index contributed by atoms with van der Waals surface area (Å²) in [6.45, 7) is 2.09. The molecule has 1 unspecified atom stereocenters. The van der Waals surface area contributed by atoms with E-state index in [9.17, 15) is 0 Å². The predicted octanol–water partition coefficient (Wildman–Crippen LogP) is 3.31. The van der Waals surface area contributed by atoms with Gasteiger partial charge in [-0.15, -0.1) is 11.3 Å². The van der Waals surface area contributed by atoms with Gasteiger partial charge in [-0.05, 0) is 22.4 Å². The molecule has 1 aromatic rings. The largest absolute Gasteiger partial charge is 0.237 e. The molecule has 1 aromatic heterocycles. The molecular weight excluding hydrogens is 236 g/mol. The maximum atomic E-state index is 8.56. The molecule has 0 aromatic carbocycles. The van der Waals surface area contributed by atoms with E-state index in [-0.39, 0.29) is 0 Å². The second-order valence-electron chi connectivity index (χ2n) is 2.48. The molecule has 2 nitrogen and oxygen atoms in total. The number of hydrogen-bond acceptors (Lipinski definition) is 3. The predicted molar refractivity (Wildman–Crippen MR) is 53.1 cm³/mol. The lowest BCUT2D eigenvalue weighted by Crippen LogP contribution is -1.91. The molecule has 0 amide bonds. The lowest BCUT2D eigenvalue weighted by Gasteiger charge is -2.05. The summed E-state index contributed by atoms with van der Waals surface area (Å²) in [4.78, 5) is 5.29. The molecule has 12 heavy (non-hydrogen) atoms. The fourth-order valence-corrected chi connectivity index (χ4v) is 2.49. The van der Waals surface area contributed by atoms with Gasteiger partial charge >= 0.3 is 0 Å². The van der Waals surface area contributed by atoms with Gasteiger partial charge in [-0.25, -0.2) is 4.98 Å². The molecule has 0 N–H and O–H groups in total. The fraction of sp³-hybridized carbons (Fsp3) is 0.500. The van der Waals surface area contributed by atoms with E-state index in [2.05, 4.69) is 33.9 Å². The van der Waals surface area contributed by atoms with Crippen LogP contribution in [0.5, 0.6) is 0 Å². The van der Waals surface area contributed by atoms with Crippen LogP contribution >= 0.6 is 27.3 Å². The van der Waals surface area contributed by atoms with E-state index in [1.807, 2.05) is 6.20 Å². The van der Waals surface area contributed by atoms with Gasteiger partial charge in [0.15, 0.2) is 3.92 Å². The Morgan fingerprint density at radius 3 is 3.00 bits per heavy atom. The number of rotatable bonds is 3. The van der Waals surface area contributed by atoms with Crippen LogP contribution < -0.4 is 0 Å². The highest BCUT2D eigenvalue weighted by molar-refractivity contribution is 9.11. The van der Waals surface area contributed by atoms with Crippen LogP contribution in [0.2, 0.25) is 0 Å². The lowest BCUT2D eigenvalue weighted by atomic mass is 10.0. The van der Waals surface area contributed by atoms with Crippen molar-refractivity contribution in [1.29, 1.82) is 5.26 Å². The van der Waals surface area contributed by atoms with Crippen molar-refractivity contribution in [3.05, 3.63) is 15.0 Å². The average molecular weight is 245 g/mol. The highest BCUT2D eigenvalue weighted by Crippen LogP contribution is 2.29. The third kappa shape index (κ3) is 2.29. The SMILES string of the molecule is CCC(CC#N)c1cnc(Br)s1. The van der Waals surface area contributed by atoms with Crippen LogP contribution in [0.3, 0.4) is 0 Å². The topological polar surface area (TPSA) is 36.7 Å². The highest BCUT2D eigenvalue weighted by Gasteiger charge is 2.11. The Kier molecular flexibility index (Phi) is 3.70. The Morgan fingerprint density at radius 1 is 1.83 bits per heavy atom. The Hall–Kier alpha value is -0.400. The second-order valence-corrected chi connectivity index (χ2v) is 4.82.